The zero-order valence-corrected chi connectivity index (χ0v) is 15.3. The van der Waals surface area contributed by atoms with Gasteiger partial charge in [0, 0.05) is 17.7 Å². The molecule has 0 N–H and O–H groups in total. The minimum Gasteiger partial charge on any atom is -0.271 e. The molecule has 2 nitrogen and oxygen atoms in total. The van der Waals surface area contributed by atoms with Crippen molar-refractivity contribution in [2.45, 2.75) is 33.1 Å². The van der Waals surface area contributed by atoms with E-state index in [9.17, 15) is 0 Å². The molecule has 0 aliphatic heterocycles. The molecule has 1 rings (SSSR count). The van der Waals surface area contributed by atoms with E-state index < -0.39 is 0 Å². The van der Waals surface area contributed by atoms with E-state index in [1.54, 1.807) is 0 Å². The molecule has 0 atom stereocenters. The van der Waals surface area contributed by atoms with Gasteiger partial charge in [0.2, 0.25) is 0 Å². The minimum absolute atomic E-state index is 0.265. The molecule has 0 radical (unpaired) electrons. The second kappa shape index (κ2) is 6.71. The highest BCUT2D eigenvalue weighted by Crippen LogP contribution is 2.34. The van der Waals surface area contributed by atoms with Crippen LogP contribution in [0.5, 0.6) is 0 Å². The first kappa shape index (κ1) is 15.7. The van der Waals surface area contributed by atoms with Crippen molar-refractivity contribution in [3.8, 4) is 0 Å². The molecule has 0 fully saturated rings. The number of halogens is 3. The summed E-state index contributed by atoms with van der Waals surface area (Å²) < 4.78 is 3.20. The van der Waals surface area contributed by atoms with Gasteiger partial charge < -0.3 is 0 Å². The van der Waals surface area contributed by atoms with Gasteiger partial charge in [-0.25, -0.2) is 0 Å². The van der Waals surface area contributed by atoms with E-state index in [-0.39, 0.29) is 5.41 Å². The van der Waals surface area contributed by atoms with Crippen LogP contribution in [-0.2, 0) is 19.9 Å². The topological polar surface area (TPSA) is 17.8 Å². The third kappa shape index (κ3) is 3.35. The smallest absolute Gasteiger partial charge is 0.0766 e. The highest BCUT2D eigenvalue weighted by Gasteiger charge is 2.29. The highest BCUT2D eigenvalue weighted by molar-refractivity contribution is 9.10. The van der Waals surface area contributed by atoms with Crippen LogP contribution < -0.4 is 0 Å². The molecule has 0 aliphatic carbocycles. The van der Waals surface area contributed by atoms with Gasteiger partial charge >= 0.3 is 0 Å². The van der Waals surface area contributed by atoms with Crippen molar-refractivity contribution in [2.24, 2.45) is 12.5 Å². The van der Waals surface area contributed by atoms with Crippen LogP contribution in [0.2, 0.25) is 0 Å². The molecule has 1 aromatic heterocycles. The summed E-state index contributed by atoms with van der Waals surface area (Å²) in [6, 6.07) is 0. The van der Waals surface area contributed by atoms with E-state index in [1.165, 1.54) is 10.2 Å². The molecule has 0 bridgehead atoms. The van der Waals surface area contributed by atoms with Gasteiger partial charge in [-0.3, -0.25) is 4.68 Å². The molecule has 0 saturated carbocycles. The molecule has 0 amide bonds. The number of hydrogen-bond acceptors (Lipinski definition) is 1. The van der Waals surface area contributed by atoms with Crippen molar-refractivity contribution >= 4 is 47.8 Å². The third-order valence-corrected chi connectivity index (χ3v) is 6.66. The monoisotopic (exact) mass is 428 g/mol. The Morgan fingerprint density at radius 2 is 1.82 bits per heavy atom. The minimum atomic E-state index is 0.265. The van der Waals surface area contributed by atoms with E-state index in [1.807, 2.05) is 11.7 Å². The van der Waals surface area contributed by atoms with E-state index in [0.29, 0.717) is 0 Å². The van der Waals surface area contributed by atoms with Crippen LogP contribution in [0.1, 0.15) is 31.7 Å². The average molecular weight is 431 g/mol. The first-order valence-corrected chi connectivity index (χ1v) is 8.89. The first-order valence-electron chi connectivity index (χ1n) is 5.85. The Hall–Kier alpha value is 0.650. The molecule has 1 heterocycles. The van der Waals surface area contributed by atoms with Gasteiger partial charge in [-0.05, 0) is 40.6 Å². The molecule has 0 aliphatic rings. The summed E-state index contributed by atoms with van der Waals surface area (Å²) >= 11 is 11.0. The zero-order chi connectivity index (χ0) is 13.1. The molecule has 5 heteroatoms. The Labute approximate surface area is 129 Å². The molecular formula is C12H19Br3N2. The number of aromatic nitrogens is 2. The van der Waals surface area contributed by atoms with Crippen molar-refractivity contribution in [1.29, 1.82) is 0 Å². The SMILES string of the molecule is CCc1nn(C)c(CC(CC)(CBr)CBr)c1Br. The van der Waals surface area contributed by atoms with Crippen LogP contribution in [0.4, 0.5) is 0 Å². The summed E-state index contributed by atoms with van der Waals surface area (Å²) in [5.41, 5.74) is 2.71. The molecule has 0 saturated heterocycles. The van der Waals surface area contributed by atoms with Crippen LogP contribution in [0, 0.1) is 5.41 Å². The number of aryl methyl sites for hydroxylation is 2. The van der Waals surface area contributed by atoms with Gasteiger partial charge in [0.25, 0.3) is 0 Å². The quantitative estimate of drug-likeness (QED) is 0.608. The lowest BCUT2D eigenvalue weighted by Crippen LogP contribution is -2.28. The maximum absolute atomic E-state index is 4.55. The number of rotatable bonds is 6. The predicted octanol–water partition coefficient (Wildman–Crippen LogP) is 4.47. The summed E-state index contributed by atoms with van der Waals surface area (Å²) in [7, 11) is 2.03. The third-order valence-electron chi connectivity index (χ3n) is 3.36. The van der Waals surface area contributed by atoms with Gasteiger partial charge in [0.1, 0.15) is 0 Å². The maximum Gasteiger partial charge on any atom is 0.0766 e. The van der Waals surface area contributed by atoms with Gasteiger partial charge in [0.05, 0.1) is 15.9 Å². The molecule has 17 heavy (non-hydrogen) atoms. The van der Waals surface area contributed by atoms with Crippen LogP contribution in [-0.4, -0.2) is 20.4 Å². The first-order chi connectivity index (χ1) is 8.03. The molecule has 0 unspecified atom stereocenters. The lowest BCUT2D eigenvalue weighted by atomic mass is 9.85. The Morgan fingerprint density at radius 3 is 2.18 bits per heavy atom. The summed E-state index contributed by atoms with van der Waals surface area (Å²) in [5.74, 6) is 0. The van der Waals surface area contributed by atoms with Crippen molar-refractivity contribution in [2.75, 3.05) is 10.7 Å². The lowest BCUT2D eigenvalue weighted by Gasteiger charge is -2.28. The van der Waals surface area contributed by atoms with Gasteiger partial charge in [-0.15, -0.1) is 0 Å². The molecule has 1 aromatic rings. The van der Waals surface area contributed by atoms with Crippen molar-refractivity contribution < 1.29 is 0 Å². The average Bonchev–Trinajstić information content (AvgIpc) is 2.62. The molecular weight excluding hydrogens is 412 g/mol. The van der Waals surface area contributed by atoms with Crippen LogP contribution in [0.25, 0.3) is 0 Å². The fraction of sp³-hybridized carbons (Fsp3) is 0.750. The molecule has 0 aromatic carbocycles. The normalized spacial score (nSPS) is 12.1. The van der Waals surface area contributed by atoms with Gasteiger partial charge in [-0.1, -0.05) is 45.7 Å². The summed E-state index contributed by atoms with van der Waals surface area (Å²) in [6.45, 7) is 4.38. The Bertz CT molecular complexity index is 362. The van der Waals surface area contributed by atoms with E-state index in [0.717, 1.165) is 35.6 Å². The summed E-state index contributed by atoms with van der Waals surface area (Å²) in [6.07, 6.45) is 3.14. The molecule has 0 spiro atoms. The van der Waals surface area contributed by atoms with Gasteiger partial charge in [-0.2, -0.15) is 5.10 Å². The second-order valence-electron chi connectivity index (χ2n) is 4.48. The fourth-order valence-corrected chi connectivity index (χ4v) is 4.69. The summed E-state index contributed by atoms with van der Waals surface area (Å²) in [5, 5.41) is 6.56. The second-order valence-corrected chi connectivity index (χ2v) is 6.40. The van der Waals surface area contributed by atoms with E-state index in [2.05, 4.69) is 66.7 Å². The standard InChI is InChI=1S/C12H19Br3N2/c1-4-9-11(15)10(17(3)16-9)6-12(5-2,7-13)8-14/h4-8H2,1-3H3. The van der Waals surface area contributed by atoms with Crippen molar-refractivity contribution in [3.05, 3.63) is 15.9 Å². The Balaban J connectivity index is 3.05. The maximum atomic E-state index is 4.55. The van der Waals surface area contributed by atoms with Crippen molar-refractivity contribution in [1.82, 2.24) is 9.78 Å². The van der Waals surface area contributed by atoms with Crippen LogP contribution >= 0.6 is 47.8 Å². The fourth-order valence-electron chi connectivity index (χ4n) is 1.81. The van der Waals surface area contributed by atoms with Crippen molar-refractivity contribution in [3.63, 3.8) is 0 Å². The van der Waals surface area contributed by atoms with Crippen LogP contribution in [0.15, 0.2) is 4.47 Å². The lowest BCUT2D eigenvalue weighted by molar-refractivity contribution is 0.362. The van der Waals surface area contributed by atoms with E-state index in [4.69, 9.17) is 0 Å². The highest BCUT2D eigenvalue weighted by atomic mass is 79.9. The largest absolute Gasteiger partial charge is 0.271 e. The van der Waals surface area contributed by atoms with Crippen LogP contribution in [0.3, 0.4) is 0 Å². The number of hydrogen-bond donors (Lipinski definition) is 0. The Morgan fingerprint density at radius 1 is 1.24 bits per heavy atom. The summed E-state index contributed by atoms with van der Waals surface area (Å²) in [4.78, 5) is 0. The molecule has 98 valence electrons. The number of nitrogens with zero attached hydrogens (tertiary/aromatic N) is 2. The Kier molecular flexibility index (Phi) is 6.20. The predicted molar refractivity (Wildman–Crippen MR) is 84.3 cm³/mol. The van der Waals surface area contributed by atoms with E-state index >= 15 is 0 Å². The zero-order valence-electron chi connectivity index (χ0n) is 10.6. The van der Waals surface area contributed by atoms with Gasteiger partial charge in [0.15, 0.2) is 0 Å². The number of alkyl halides is 2.